The lowest BCUT2D eigenvalue weighted by atomic mass is 10.0. The molecular formula is C20H22O4. The Morgan fingerprint density at radius 2 is 1.75 bits per heavy atom. The minimum absolute atomic E-state index is 0.709. The lowest BCUT2D eigenvalue weighted by Crippen LogP contribution is -1.92. The SMILES string of the molecule is COCCCc1ccc2occ(-c3ccc(OC)c(OC)c3)c2c1. The second-order valence-electron chi connectivity index (χ2n) is 5.65. The smallest absolute Gasteiger partial charge is 0.161 e. The van der Waals surface area contributed by atoms with Crippen LogP contribution in [-0.4, -0.2) is 27.9 Å². The van der Waals surface area contributed by atoms with Crippen molar-refractivity contribution in [2.24, 2.45) is 0 Å². The van der Waals surface area contributed by atoms with E-state index in [0.29, 0.717) is 11.5 Å². The average molecular weight is 326 g/mol. The van der Waals surface area contributed by atoms with Crippen molar-refractivity contribution in [1.82, 2.24) is 0 Å². The van der Waals surface area contributed by atoms with E-state index in [1.54, 1.807) is 27.6 Å². The van der Waals surface area contributed by atoms with E-state index in [-0.39, 0.29) is 0 Å². The van der Waals surface area contributed by atoms with E-state index in [0.717, 1.165) is 41.5 Å². The summed E-state index contributed by atoms with van der Waals surface area (Å²) in [5.41, 5.74) is 4.26. The summed E-state index contributed by atoms with van der Waals surface area (Å²) in [5.74, 6) is 1.43. The van der Waals surface area contributed by atoms with Gasteiger partial charge in [0.1, 0.15) is 5.58 Å². The number of hydrogen-bond donors (Lipinski definition) is 0. The molecule has 1 heterocycles. The summed E-state index contributed by atoms with van der Waals surface area (Å²) in [6, 6.07) is 12.2. The molecule has 0 N–H and O–H groups in total. The zero-order valence-electron chi connectivity index (χ0n) is 14.3. The largest absolute Gasteiger partial charge is 0.493 e. The number of benzene rings is 2. The first kappa shape index (κ1) is 16.4. The molecule has 0 spiro atoms. The van der Waals surface area contributed by atoms with Gasteiger partial charge in [-0.3, -0.25) is 0 Å². The van der Waals surface area contributed by atoms with Gasteiger partial charge in [0.2, 0.25) is 0 Å². The van der Waals surface area contributed by atoms with Crippen molar-refractivity contribution in [3.8, 4) is 22.6 Å². The molecule has 0 atom stereocenters. The van der Waals surface area contributed by atoms with Gasteiger partial charge < -0.3 is 18.6 Å². The monoisotopic (exact) mass is 326 g/mol. The number of rotatable bonds is 7. The third-order valence-corrected chi connectivity index (χ3v) is 4.15. The Labute approximate surface area is 141 Å². The molecule has 4 nitrogen and oxygen atoms in total. The highest BCUT2D eigenvalue weighted by atomic mass is 16.5. The normalized spacial score (nSPS) is 11.0. The number of hydrogen-bond acceptors (Lipinski definition) is 4. The first-order chi connectivity index (χ1) is 11.8. The van der Waals surface area contributed by atoms with Crippen molar-refractivity contribution in [2.45, 2.75) is 12.8 Å². The quantitative estimate of drug-likeness (QED) is 0.590. The van der Waals surface area contributed by atoms with Crippen LogP contribution < -0.4 is 9.47 Å². The van der Waals surface area contributed by atoms with E-state index in [1.165, 1.54) is 5.56 Å². The molecule has 1 aromatic heterocycles. The molecule has 0 aliphatic heterocycles. The van der Waals surface area contributed by atoms with E-state index < -0.39 is 0 Å². The first-order valence-electron chi connectivity index (χ1n) is 7.98. The molecule has 3 aromatic rings. The fourth-order valence-electron chi connectivity index (χ4n) is 2.88. The maximum Gasteiger partial charge on any atom is 0.161 e. The fourth-order valence-corrected chi connectivity index (χ4v) is 2.88. The topological polar surface area (TPSA) is 40.8 Å². The molecular weight excluding hydrogens is 304 g/mol. The van der Waals surface area contributed by atoms with Gasteiger partial charge in [-0.1, -0.05) is 12.1 Å². The van der Waals surface area contributed by atoms with Crippen molar-refractivity contribution in [3.63, 3.8) is 0 Å². The molecule has 0 amide bonds. The second kappa shape index (κ2) is 7.41. The number of methoxy groups -OCH3 is 3. The van der Waals surface area contributed by atoms with Crippen LogP contribution >= 0.6 is 0 Å². The first-order valence-corrected chi connectivity index (χ1v) is 7.98. The predicted octanol–water partition coefficient (Wildman–Crippen LogP) is 4.70. The van der Waals surface area contributed by atoms with Crippen molar-refractivity contribution >= 4 is 11.0 Å². The van der Waals surface area contributed by atoms with E-state index in [1.807, 2.05) is 24.3 Å². The average Bonchev–Trinajstić information content (AvgIpc) is 3.04. The fraction of sp³-hybridized carbons (Fsp3) is 0.300. The van der Waals surface area contributed by atoms with E-state index in [2.05, 4.69) is 12.1 Å². The second-order valence-corrected chi connectivity index (χ2v) is 5.65. The van der Waals surface area contributed by atoms with Crippen LogP contribution in [-0.2, 0) is 11.2 Å². The minimum atomic E-state index is 0.709. The summed E-state index contributed by atoms with van der Waals surface area (Å²) in [6.07, 6.45) is 3.79. The van der Waals surface area contributed by atoms with Crippen molar-refractivity contribution in [2.75, 3.05) is 27.9 Å². The molecule has 0 aliphatic rings. The molecule has 0 radical (unpaired) electrons. The van der Waals surface area contributed by atoms with Gasteiger partial charge in [0.25, 0.3) is 0 Å². The Morgan fingerprint density at radius 3 is 2.50 bits per heavy atom. The Bertz CT molecular complexity index is 820. The Morgan fingerprint density at radius 1 is 0.917 bits per heavy atom. The van der Waals surface area contributed by atoms with Gasteiger partial charge in [0, 0.05) is 24.7 Å². The molecule has 0 saturated carbocycles. The predicted molar refractivity (Wildman–Crippen MR) is 95.0 cm³/mol. The highest BCUT2D eigenvalue weighted by molar-refractivity contribution is 5.94. The third kappa shape index (κ3) is 3.24. The molecule has 2 aromatic carbocycles. The van der Waals surface area contributed by atoms with Crippen LogP contribution in [0.4, 0.5) is 0 Å². The van der Waals surface area contributed by atoms with E-state index >= 15 is 0 Å². The summed E-state index contributed by atoms with van der Waals surface area (Å²) >= 11 is 0. The Hall–Kier alpha value is -2.46. The maximum absolute atomic E-state index is 5.72. The van der Waals surface area contributed by atoms with Crippen LogP contribution in [0, 0.1) is 0 Å². The summed E-state index contributed by atoms with van der Waals surface area (Å²) in [6.45, 7) is 0.770. The summed E-state index contributed by atoms with van der Waals surface area (Å²) < 4.78 is 21.6. The molecule has 3 rings (SSSR count). The lowest BCUT2D eigenvalue weighted by molar-refractivity contribution is 0.195. The number of furan rings is 1. The Balaban J connectivity index is 1.98. The number of aryl methyl sites for hydroxylation is 1. The molecule has 24 heavy (non-hydrogen) atoms. The van der Waals surface area contributed by atoms with Gasteiger partial charge in [-0.25, -0.2) is 0 Å². The lowest BCUT2D eigenvalue weighted by Gasteiger charge is -2.09. The highest BCUT2D eigenvalue weighted by Crippen LogP contribution is 2.36. The van der Waals surface area contributed by atoms with Crippen molar-refractivity contribution in [1.29, 1.82) is 0 Å². The van der Waals surface area contributed by atoms with Gasteiger partial charge in [-0.05, 0) is 48.2 Å². The standard InChI is InChI=1S/C20H22O4/c1-21-10-4-5-14-6-8-18-16(11-14)17(13-24-18)15-7-9-19(22-2)20(12-15)23-3/h6-9,11-13H,4-5,10H2,1-3H3. The zero-order chi connectivity index (χ0) is 16.9. The molecule has 126 valence electrons. The molecule has 0 saturated heterocycles. The summed E-state index contributed by atoms with van der Waals surface area (Å²) in [5, 5.41) is 1.11. The Kier molecular flexibility index (Phi) is 5.06. The number of fused-ring (bicyclic) bond motifs is 1. The van der Waals surface area contributed by atoms with Gasteiger partial charge in [-0.15, -0.1) is 0 Å². The van der Waals surface area contributed by atoms with Crippen molar-refractivity contribution < 1.29 is 18.6 Å². The summed E-state index contributed by atoms with van der Waals surface area (Å²) in [7, 11) is 5.01. The minimum Gasteiger partial charge on any atom is -0.493 e. The molecule has 0 aliphatic carbocycles. The molecule has 0 unspecified atom stereocenters. The van der Waals surface area contributed by atoms with Crippen LogP contribution in [0.2, 0.25) is 0 Å². The number of ether oxygens (including phenoxy) is 3. The van der Waals surface area contributed by atoms with E-state index in [9.17, 15) is 0 Å². The van der Waals surface area contributed by atoms with Crippen LogP contribution in [0.5, 0.6) is 11.5 Å². The van der Waals surface area contributed by atoms with E-state index in [4.69, 9.17) is 18.6 Å². The molecule has 0 bridgehead atoms. The van der Waals surface area contributed by atoms with Gasteiger partial charge in [-0.2, -0.15) is 0 Å². The molecule has 0 fully saturated rings. The molecule has 4 heteroatoms. The highest BCUT2D eigenvalue weighted by Gasteiger charge is 2.12. The van der Waals surface area contributed by atoms with Crippen LogP contribution in [0.3, 0.4) is 0 Å². The maximum atomic E-state index is 5.72. The van der Waals surface area contributed by atoms with Gasteiger partial charge >= 0.3 is 0 Å². The van der Waals surface area contributed by atoms with Gasteiger partial charge in [0.05, 0.1) is 20.5 Å². The van der Waals surface area contributed by atoms with Crippen LogP contribution in [0.15, 0.2) is 47.1 Å². The van der Waals surface area contributed by atoms with Crippen LogP contribution in [0.1, 0.15) is 12.0 Å². The van der Waals surface area contributed by atoms with Crippen molar-refractivity contribution in [3.05, 3.63) is 48.2 Å². The van der Waals surface area contributed by atoms with Crippen LogP contribution in [0.25, 0.3) is 22.1 Å². The zero-order valence-corrected chi connectivity index (χ0v) is 14.3. The van der Waals surface area contributed by atoms with Gasteiger partial charge in [0.15, 0.2) is 11.5 Å². The summed E-state index contributed by atoms with van der Waals surface area (Å²) in [4.78, 5) is 0. The third-order valence-electron chi connectivity index (χ3n) is 4.15.